The van der Waals surface area contributed by atoms with Crippen molar-refractivity contribution in [3.05, 3.63) is 59.7 Å². The van der Waals surface area contributed by atoms with E-state index >= 15 is 0 Å². The largest absolute Gasteiger partial charge is 0.465 e. The second-order valence-corrected chi connectivity index (χ2v) is 6.64. The molecule has 0 aromatic heterocycles. The highest BCUT2D eigenvalue weighted by Crippen LogP contribution is 2.32. The molecule has 0 bridgehead atoms. The third-order valence-electron chi connectivity index (χ3n) is 3.25. The fourth-order valence-corrected chi connectivity index (χ4v) is 3.31. The molecule has 0 aliphatic heterocycles. The van der Waals surface area contributed by atoms with Gasteiger partial charge in [-0.15, -0.1) is 0 Å². The minimum Gasteiger partial charge on any atom is -0.465 e. The summed E-state index contributed by atoms with van der Waals surface area (Å²) in [4.78, 5) is 11.8. The zero-order valence-corrected chi connectivity index (χ0v) is 13.4. The lowest BCUT2D eigenvalue weighted by Crippen LogP contribution is -2.26. The van der Waals surface area contributed by atoms with Crippen LogP contribution in [0.4, 0.5) is 11.4 Å². The van der Waals surface area contributed by atoms with Gasteiger partial charge in [0.2, 0.25) is 10.0 Å². The number of sulfonamides is 1. The Morgan fingerprint density at radius 3 is 2.23 bits per heavy atom. The van der Waals surface area contributed by atoms with Gasteiger partial charge < -0.3 is 4.74 Å². The van der Waals surface area contributed by atoms with E-state index in [4.69, 9.17) is 4.74 Å². The van der Waals surface area contributed by atoms with E-state index in [0.29, 0.717) is 22.5 Å². The molecule has 2 rings (SSSR count). The average Bonchev–Trinajstić information content (AvgIpc) is 2.48. The van der Waals surface area contributed by atoms with E-state index in [9.17, 15) is 13.2 Å². The zero-order valence-electron chi connectivity index (χ0n) is 12.6. The molecule has 0 heterocycles. The Morgan fingerprint density at radius 2 is 1.68 bits per heavy atom. The average molecular weight is 319 g/mol. The molecule has 0 radical (unpaired) electrons. The lowest BCUT2D eigenvalue weighted by atomic mass is 10.1. The molecule has 0 unspecified atom stereocenters. The molecule has 0 saturated carbocycles. The maximum Gasteiger partial charge on any atom is 0.338 e. The zero-order chi connectivity index (χ0) is 16.3. The molecule has 0 aliphatic rings. The summed E-state index contributed by atoms with van der Waals surface area (Å²) in [5.74, 6) is -0.499. The first kappa shape index (κ1) is 16.0. The number of hydrogen-bond acceptors (Lipinski definition) is 4. The van der Waals surface area contributed by atoms with Crippen molar-refractivity contribution in [2.45, 2.75) is 6.92 Å². The summed E-state index contributed by atoms with van der Waals surface area (Å²) in [7, 11) is -2.27. The Bertz CT molecular complexity index is 785. The monoisotopic (exact) mass is 319 g/mol. The molecule has 6 heteroatoms. The van der Waals surface area contributed by atoms with Gasteiger partial charge >= 0.3 is 5.97 Å². The first-order valence-corrected chi connectivity index (χ1v) is 8.44. The molecule has 2 aromatic rings. The number of para-hydroxylation sites is 1. The predicted molar refractivity (Wildman–Crippen MR) is 85.9 cm³/mol. The number of ether oxygens (including phenoxy) is 1. The summed E-state index contributed by atoms with van der Waals surface area (Å²) < 4.78 is 30.4. The van der Waals surface area contributed by atoms with Crippen LogP contribution in [0, 0.1) is 6.92 Å². The second-order valence-electron chi connectivity index (χ2n) is 4.80. The number of methoxy groups -OCH3 is 1. The van der Waals surface area contributed by atoms with Crippen LogP contribution in [0.5, 0.6) is 0 Å². The van der Waals surface area contributed by atoms with Crippen LogP contribution in [0.2, 0.25) is 0 Å². The molecule has 0 fully saturated rings. The Labute approximate surface area is 130 Å². The number of rotatable bonds is 4. The lowest BCUT2D eigenvalue weighted by molar-refractivity contribution is 0.0600. The Hall–Kier alpha value is -2.34. The van der Waals surface area contributed by atoms with Gasteiger partial charge in [0.1, 0.15) is 0 Å². The van der Waals surface area contributed by atoms with Crippen molar-refractivity contribution in [1.29, 1.82) is 0 Å². The van der Waals surface area contributed by atoms with Crippen molar-refractivity contribution < 1.29 is 17.9 Å². The molecule has 0 N–H and O–H groups in total. The van der Waals surface area contributed by atoms with Gasteiger partial charge in [-0.2, -0.15) is 0 Å². The van der Waals surface area contributed by atoms with E-state index in [-0.39, 0.29) is 0 Å². The number of hydrogen-bond donors (Lipinski definition) is 0. The van der Waals surface area contributed by atoms with Gasteiger partial charge in [-0.3, -0.25) is 0 Å². The summed E-state index contributed by atoms with van der Waals surface area (Å²) >= 11 is 0. The molecule has 5 nitrogen and oxygen atoms in total. The first-order valence-electron chi connectivity index (χ1n) is 6.59. The second kappa shape index (κ2) is 6.19. The highest BCUT2D eigenvalue weighted by molar-refractivity contribution is 7.92. The van der Waals surface area contributed by atoms with Crippen molar-refractivity contribution >= 4 is 27.4 Å². The molecule has 116 valence electrons. The van der Waals surface area contributed by atoms with Crippen molar-refractivity contribution in [3.63, 3.8) is 0 Å². The third-order valence-corrected chi connectivity index (χ3v) is 4.32. The van der Waals surface area contributed by atoms with Gasteiger partial charge in [-0.25, -0.2) is 17.5 Å². The molecular weight excluding hydrogens is 302 g/mol. The van der Waals surface area contributed by atoms with E-state index in [1.807, 2.05) is 6.07 Å². The molecule has 0 atom stereocenters. The van der Waals surface area contributed by atoms with Gasteiger partial charge in [-0.05, 0) is 36.8 Å². The SMILES string of the molecule is COC(=O)c1cccc(N(c2ccccc2)S(C)(=O)=O)c1C. The number of anilines is 2. The van der Waals surface area contributed by atoms with Crippen molar-refractivity contribution in [3.8, 4) is 0 Å². The van der Waals surface area contributed by atoms with Crippen LogP contribution in [0.15, 0.2) is 48.5 Å². The molecule has 0 saturated heterocycles. The predicted octanol–water partition coefficient (Wildman–Crippen LogP) is 2.88. The topological polar surface area (TPSA) is 63.7 Å². The Balaban J connectivity index is 2.67. The molecule has 0 aliphatic carbocycles. The third kappa shape index (κ3) is 3.12. The normalized spacial score (nSPS) is 11.0. The van der Waals surface area contributed by atoms with Crippen LogP contribution in [0.3, 0.4) is 0 Å². The molecule has 0 spiro atoms. The maximum atomic E-state index is 12.2. The van der Waals surface area contributed by atoms with Gasteiger partial charge in [0.15, 0.2) is 0 Å². The highest BCUT2D eigenvalue weighted by atomic mass is 32.2. The fourth-order valence-electron chi connectivity index (χ4n) is 2.25. The molecule has 22 heavy (non-hydrogen) atoms. The standard InChI is InChI=1S/C16H17NO4S/c1-12-14(16(18)21-2)10-7-11-15(12)17(22(3,19)20)13-8-5-4-6-9-13/h4-11H,1-3H3. The molecular formula is C16H17NO4S. The molecule has 2 aromatic carbocycles. The Morgan fingerprint density at radius 1 is 1.05 bits per heavy atom. The van der Waals surface area contributed by atoms with Gasteiger partial charge in [0, 0.05) is 0 Å². The smallest absolute Gasteiger partial charge is 0.338 e. The van der Waals surface area contributed by atoms with Gasteiger partial charge in [0.05, 0.1) is 30.3 Å². The van der Waals surface area contributed by atoms with E-state index in [1.165, 1.54) is 11.4 Å². The number of carbonyl (C=O) groups is 1. The van der Waals surface area contributed by atoms with Gasteiger partial charge in [0.25, 0.3) is 0 Å². The summed E-state index contributed by atoms with van der Waals surface area (Å²) in [6.07, 6.45) is 1.13. The van der Waals surface area contributed by atoms with Crippen molar-refractivity contribution in [2.75, 3.05) is 17.7 Å². The number of nitrogens with zero attached hydrogens (tertiary/aromatic N) is 1. The van der Waals surface area contributed by atoms with E-state index in [1.54, 1.807) is 49.4 Å². The maximum absolute atomic E-state index is 12.2. The van der Waals surface area contributed by atoms with Crippen LogP contribution >= 0.6 is 0 Å². The number of benzene rings is 2. The number of carbonyl (C=O) groups excluding carboxylic acids is 1. The fraction of sp³-hybridized carbons (Fsp3) is 0.188. The van der Waals surface area contributed by atoms with Crippen LogP contribution in [-0.4, -0.2) is 27.8 Å². The van der Waals surface area contributed by atoms with Crippen LogP contribution in [-0.2, 0) is 14.8 Å². The van der Waals surface area contributed by atoms with E-state index in [0.717, 1.165) is 6.26 Å². The lowest BCUT2D eigenvalue weighted by Gasteiger charge is -2.25. The van der Waals surface area contributed by atoms with Crippen LogP contribution < -0.4 is 4.31 Å². The van der Waals surface area contributed by atoms with Crippen molar-refractivity contribution in [2.24, 2.45) is 0 Å². The highest BCUT2D eigenvalue weighted by Gasteiger charge is 2.23. The molecule has 0 amide bonds. The summed E-state index contributed by atoms with van der Waals surface area (Å²) in [6, 6.07) is 13.6. The van der Waals surface area contributed by atoms with E-state index in [2.05, 4.69) is 0 Å². The summed E-state index contributed by atoms with van der Waals surface area (Å²) in [6.45, 7) is 1.70. The number of esters is 1. The summed E-state index contributed by atoms with van der Waals surface area (Å²) in [5.41, 5.74) is 1.82. The Kier molecular flexibility index (Phi) is 4.51. The first-order chi connectivity index (χ1) is 10.4. The summed E-state index contributed by atoms with van der Waals surface area (Å²) in [5, 5.41) is 0. The van der Waals surface area contributed by atoms with Gasteiger partial charge in [-0.1, -0.05) is 24.3 Å². The van der Waals surface area contributed by atoms with Crippen molar-refractivity contribution in [1.82, 2.24) is 0 Å². The quantitative estimate of drug-likeness (QED) is 0.813. The van der Waals surface area contributed by atoms with Crippen LogP contribution in [0.1, 0.15) is 15.9 Å². The van der Waals surface area contributed by atoms with Crippen LogP contribution in [0.25, 0.3) is 0 Å². The minimum atomic E-state index is -3.56. The minimum absolute atomic E-state index is 0.338. The van der Waals surface area contributed by atoms with E-state index < -0.39 is 16.0 Å².